The molecule has 0 saturated carbocycles. The van der Waals surface area contributed by atoms with Crippen LogP contribution in [0.2, 0.25) is 0 Å². The van der Waals surface area contributed by atoms with Crippen LogP contribution in [0.3, 0.4) is 0 Å². The molecule has 0 amide bonds. The zero-order valence-corrected chi connectivity index (χ0v) is 19.5. The van der Waals surface area contributed by atoms with E-state index < -0.39 is 21.9 Å². The molecule has 0 saturated heterocycles. The molecule has 6 nitrogen and oxygen atoms in total. The number of nitrogens with zero attached hydrogens (tertiary/aromatic N) is 1. The van der Waals surface area contributed by atoms with Gasteiger partial charge < -0.3 is 0 Å². The minimum absolute atomic E-state index is 0.147. The molecule has 0 radical (unpaired) electrons. The topological polar surface area (TPSA) is 86.5 Å². The van der Waals surface area contributed by atoms with Crippen LogP contribution >= 0.6 is 6.83 Å². The SMILES string of the molecule is CP(OS(=O)(=O)c1ccc([N+](=O)[O-])cc1)(c1ccccc1)(c1ccccc1)c1ccccc1. The molecule has 0 aromatic heterocycles. The normalized spacial score (nSPS) is 13.1. The van der Waals surface area contributed by atoms with Crippen molar-refractivity contribution in [2.45, 2.75) is 4.90 Å². The Bertz CT molecular complexity index is 1280. The second kappa shape index (κ2) is 8.52. The summed E-state index contributed by atoms with van der Waals surface area (Å²) in [6.45, 7) is -2.15. The van der Waals surface area contributed by atoms with Crippen LogP contribution in [0.5, 0.6) is 0 Å². The molecule has 0 aliphatic rings. The number of rotatable bonds is 7. The Morgan fingerprint density at radius 2 is 1.03 bits per heavy atom. The molecule has 0 bridgehead atoms. The van der Waals surface area contributed by atoms with E-state index in [2.05, 4.69) is 0 Å². The molecule has 0 fully saturated rings. The molecule has 0 N–H and O–H groups in total. The minimum atomic E-state index is -4.33. The van der Waals surface area contributed by atoms with Crippen molar-refractivity contribution in [1.29, 1.82) is 0 Å². The van der Waals surface area contributed by atoms with Crippen LogP contribution in [0.25, 0.3) is 0 Å². The Hall–Kier alpha value is -3.38. The van der Waals surface area contributed by atoms with Crippen molar-refractivity contribution in [3.05, 3.63) is 125 Å². The van der Waals surface area contributed by atoms with Crippen molar-refractivity contribution < 1.29 is 17.3 Å². The van der Waals surface area contributed by atoms with Crippen LogP contribution in [0, 0.1) is 10.1 Å². The van der Waals surface area contributed by atoms with Gasteiger partial charge in [-0.2, -0.15) is 0 Å². The Labute approximate surface area is 192 Å². The summed E-state index contributed by atoms with van der Waals surface area (Å²) in [6.07, 6.45) is 0. The molecule has 4 aromatic rings. The fourth-order valence-electron chi connectivity index (χ4n) is 3.96. The number of nitro benzene ring substituents is 1. The number of non-ortho nitro benzene ring substituents is 1. The molecule has 0 spiro atoms. The van der Waals surface area contributed by atoms with Crippen LogP contribution in [0.4, 0.5) is 5.69 Å². The van der Waals surface area contributed by atoms with Crippen LogP contribution in [-0.2, 0) is 14.1 Å². The summed E-state index contributed by atoms with van der Waals surface area (Å²) in [4.78, 5) is 10.3. The second-order valence-electron chi connectivity index (χ2n) is 7.75. The van der Waals surface area contributed by atoms with Gasteiger partial charge in [-0.25, -0.2) is 0 Å². The van der Waals surface area contributed by atoms with E-state index in [1.165, 1.54) is 12.1 Å². The Kier molecular flexibility index (Phi) is 5.89. The first-order chi connectivity index (χ1) is 15.8. The molecule has 0 aliphatic heterocycles. The quantitative estimate of drug-likeness (QED) is 0.223. The van der Waals surface area contributed by atoms with Crippen molar-refractivity contribution in [3.8, 4) is 0 Å². The maximum absolute atomic E-state index is 13.7. The number of hydrogen-bond acceptors (Lipinski definition) is 5. The summed E-state index contributed by atoms with van der Waals surface area (Å²) >= 11 is 0. The van der Waals surface area contributed by atoms with Crippen molar-refractivity contribution in [2.24, 2.45) is 0 Å². The number of nitro groups is 1. The average Bonchev–Trinajstić information content (AvgIpc) is 2.85. The maximum atomic E-state index is 13.7. The van der Waals surface area contributed by atoms with Crippen molar-refractivity contribution in [1.82, 2.24) is 0 Å². The molecular weight excluding hydrogens is 457 g/mol. The van der Waals surface area contributed by atoms with Crippen LogP contribution in [0.1, 0.15) is 0 Å². The Morgan fingerprint density at radius 3 is 1.36 bits per heavy atom. The number of benzene rings is 4. The molecule has 168 valence electrons. The predicted octanol–water partition coefficient (Wildman–Crippen LogP) is 4.37. The van der Waals surface area contributed by atoms with E-state index in [9.17, 15) is 18.5 Å². The Balaban J connectivity index is 2.02. The fraction of sp³-hybridized carbons (Fsp3) is 0.0400. The van der Waals surface area contributed by atoms with Gasteiger partial charge in [-0.15, -0.1) is 0 Å². The van der Waals surface area contributed by atoms with E-state index in [0.29, 0.717) is 0 Å². The molecular formula is C25H22NO5PS. The van der Waals surface area contributed by atoms with Gasteiger partial charge in [0.05, 0.1) is 0 Å². The monoisotopic (exact) mass is 479 g/mol. The summed E-state index contributed by atoms with van der Waals surface area (Å²) in [5.41, 5.74) is -0.197. The van der Waals surface area contributed by atoms with E-state index >= 15 is 0 Å². The predicted molar refractivity (Wildman–Crippen MR) is 132 cm³/mol. The van der Waals surface area contributed by atoms with Crippen LogP contribution in [0.15, 0.2) is 120 Å². The van der Waals surface area contributed by atoms with Crippen molar-refractivity contribution >= 4 is 38.5 Å². The zero-order valence-electron chi connectivity index (χ0n) is 17.8. The Morgan fingerprint density at radius 1 is 0.667 bits per heavy atom. The van der Waals surface area contributed by atoms with Gasteiger partial charge >= 0.3 is 193 Å². The zero-order chi connectivity index (χ0) is 23.6. The molecule has 0 heterocycles. The first-order valence-electron chi connectivity index (χ1n) is 10.1. The van der Waals surface area contributed by atoms with E-state index in [1.54, 1.807) is 0 Å². The average molecular weight is 479 g/mol. The van der Waals surface area contributed by atoms with Gasteiger partial charge in [0.2, 0.25) is 0 Å². The van der Waals surface area contributed by atoms with Crippen LogP contribution in [-0.4, -0.2) is 20.0 Å². The summed E-state index contributed by atoms with van der Waals surface area (Å²) in [5.74, 6) is 0. The molecule has 33 heavy (non-hydrogen) atoms. The molecule has 4 rings (SSSR count). The standard InChI is InChI=1S/C25H22NO5PS/c1-32(22-11-5-2-6-12-22,23-13-7-3-8-14-23,24-15-9-4-10-16-24)31-33(29,30)25-19-17-21(18-20-25)26(27)28/h2-20H,1H3. The van der Waals surface area contributed by atoms with Gasteiger partial charge in [-0.1, -0.05) is 0 Å². The third-order valence-corrected chi connectivity index (χ3v) is 13.5. The van der Waals surface area contributed by atoms with Gasteiger partial charge in [-0.05, 0) is 0 Å². The molecule has 0 atom stereocenters. The van der Waals surface area contributed by atoms with Crippen LogP contribution < -0.4 is 15.9 Å². The van der Waals surface area contributed by atoms with Crippen molar-refractivity contribution in [3.63, 3.8) is 0 Å². The second-order valence-corrected chi connectivity index (χ2v) is 14.2. The third kappa shape index (κ3) is 3.95. The van der Waals surface area contributed by atoms with Gasteiger partial charge in [0.15, 0.2) is 0 Å². The van der Waals surface area contributed by atoms with E-state index in [0.717, 1.165) is 28.0 Å². The molecule has 4 aromatic carbocycles. The number of hydrogen-bond donors (Lipinski definition) is 0. The van der Waals surface area contributed by atoms with Gasteiger partial charge in [-0.3, -0.25) is 0 Å². The first-order valence-corrected chi connectivity index (χ1v) is 14.2. The summed E-state index contributed by atoms with van der Waals surface area (Å²) in [5, 5.41) is 13.3. The fourth-order valence-corrected chi connectivity index (χ4v) is 11.3. The van der Waals surface area contributed by atoms with Gasteiger partial charge in [0.25, 0.3) is 0 Å². The van der Waals surface area contributed by atoms with E-state index in [-0.39, 0.29) is 10.6 Å². The van der Waals surface area contributed by atoms with E-state index in [1.807, 2.05) is 97.7 Å². The molecule has 0 unspecified atom stereocenters. The van der Waals surface area contributed by atoms with Gasteiger partial charge in [0.1, 0.15) is 0 Å². The first kappa shape index (κ1) is 22.8. The van der Waals surface area contributed by atoms with Gasteiger partial charge in [0, 0.05) is 0 Å². The van der Waals surface area contributed by atoms with E-state index in [4.69, 9.17) is 3.97 Å². The summed E-state index contributed by atoms with van der Waals surface area (Å²) in [6, 6.07) is 32.7. The molecule has 8 heteroatoms. The summed E-state index contributed by atoms with van der Waals surface area (Å²) in [7, 11) is -4.33. The third-order valence-electron chi connectivity index (χ3n) is 5.75. The van der Waals surface area contributed by atoms with Crippen molar-refractivity contribution in [2.75, 3.05) is 6.66 Å². The summed E-state index contributed by atoms with van der Waals surface area (Å²) < 4.78 is 33.8. The molecule has 0 aliphatic carbocycles.